The van der Waals surface area contributed by atoms with Crippen molar-refractivity contribution < 1.29 is 4.74 Å². The number of ether oxygens (including phenoxy) is 1. The van der Waals surface area contributed by atoms with E-state index in [-0.39, 0.29) is 0 Å². The van der Waals surface area contributed by atoms with E-state index >= 15 is 0 Å². The van der Waals surface area contributed by atoms with Gasteiger partial charge in [-0.1, -0.05) is 0 Å². The molecule has 0 saturated carbocycles. The van der Waals surface area contributed by atoms with Crippen molar-refractivity contribution in [3.05, 3.63) is 53.9 Å². The predicted molar refractivity (Wildman–Crippen MR) is 110 cm³/mol. The Hall–Kier alpha value is -3.37. The van der Waals surface area contributed by atoms with Crippen molar-refractivity contribution in [3.8, 4) is 11.8 Å². The van der Waals surface area contributed by atoms with E-state index in [0.29, 0.717) is 12.1 Å². The summed E-state index contributed by atoms with van der Waals surface area (Å²) in [7, 11) is 1.63. The molecule has 1 aliphatic heterocycles. The molecule has 0 aliphatic carbocycles. The topological polar surface area (TPSA) is 86.1 Å². The number of benzene rings is 1. The summed E-state index contributed by atoms with van der Waals surface area (Å²) in [4.78, 5) is 11.2. The molecule has 2 N–H and O–H groups in total. The van der Waals surface area contributed by atoms with Crippen LogP contribution in [0.3, 0.4) is 0 Å². The highest BCUT2D eigenvalue weighted by molar-refractivity contribution is 5.94. The van der Waals surface area contributed by atoms with Crippen molar-refractivity contribution in [2.75, 3.05) is 43.5 Å². The van der Waals surface area contributed by atoms with Crippen LogP contribution in [0.15, 0.2) is 42.7 Å². The van der Waals surface area contributed by atoms with Gasteiger partial charge >= 0.3 is 0 Å². The van der Waals surface area contributed by atoms with Gasteiger partial charge in [-0.2, -0.15) is 5.26 Å². The van der Waals surface area contributed by atoms with Gasteiger partial charge in [0.15, 0.2) is 0 Å². The Labute approximate surface area is 164 Å². The van der Waals surface area contributed by atoms with Gasteiger partial charge in [-0.25, -0.2) is 4.98 Å². The van der Waals surface area contributed by atoms with E-state index in [9.17, 15) is 5.26 Å². The number of pyridine rings is 2. The van der Waals surface area contributed by atoms with E-state index in [1.807, 2.05) is 30.5 Å². The zero-order valence-electron chi connectivity index (χ0n) is 15.8. The molecule has 1 aromatic carbocycles. The lowest BCUT2D eigenvalue weighted by Gasteiger charge is -2.28. The van der Waals surface area contributed by atoms with E-state index < -0.39 is 0 Å². The number of fused-ring (bicyclic) bond motifs is 1. The van der Waals surface area contributed by atoms with Crippen LogP contribution in [-0.4, -0.2) is 43.3 Å². The fourth-order valence-electron chi connectivity index (χ4n) is 3.40. The van der Waals surface area contributed by atoms with Gasteiger partial charge in [0.1, 0.15) is 17.6 Å². The molecule has 4 rings (SSSR count). The number of anilines is 2. The van der Waals surface area contributed by atoms with Gasteiger partial charge in [-0.15, -0.1) is 0 Å². The molecule has 0 radical (unpaired) electrons. The average Bonchev–Trinajstić information content (AvgIpc) is 2.77. The molecule has 0 atom stereocenters. The molecule has 1 fully saturated rings. The lowest BCUT2D eigenvalue weighted by Crippen LogP contribution is -2.43. The lowest BCUT2D eigenvalue weighted by atomic mass is 10.1. The minimum atomic E-state index is 0.511. The van der Waals surface area contributed by atoms with Crippen molar-refractivity contribution in [1.29, 1.82) is 5.26 Å². The molecular formula is C21H22N6O. The Balaban J connectivity index is 1.61. The minimum Gasteiger partial charge on any atom is -0.497 e. The normalized spacial score (nSPS) is 13.9. The second kappa shape index (κ2) is 8.11. The van der Waals surface area contributed by atoms with Gasteiger partial charge in [0.25, 0.3) is 0 Å². The highest BCUT2D eigenvalue weighted by Crippen LogP contribution is 2.29. The van der Waals surface area contributed by atoms with Crippen molar-refractivity contribution in [1.82, 2.24) is 15.3 Å². The standard InChI is InChI=1S/C21H22N6O/c1-28-17-2-3-19-18(11-17)21(16(12-22)14-25-19)26-13-15-4-5-24-20(10-15)27-8-6-23-7-9-27/h2-5,10-11,14,23H,6-9,13H2,1H3,(H,25,26). The molecular weight excluding hydrogens is 352 g/mol. The van der Waals surface area contributed by atoms with Crippen LogP contribution in [0.25, 0.3) is 10.9 Å². The lowest BCUT2D eigenvalue weighted by molar-refractivity contribution is 0.415. The maximum atomic E-state index is 9.53. The first-order valence-electron chi connectivity index (χ1n) is 9.30. The molecule has 1 saturated heterocycles. The third-order valence-electron chi connectivity index (χ3n) is 4.92. The van der Waals surface area contributed by atoms with Gasteiger partial charge < -0.3 is 20.3 Å². The smallest absolute Gasteiger partial charge is 0.128 e. The summed E-state index contributed by atoms with van der Waals surface area (Å²) in [5.74, 6) is 1.72. The van der Waals surface area contributed by atoms with Crippen LogP contribution >= 0.6 is 0 Å². The summed E-state index contributed by atoms with van der Waals surface area (Å²) in [5, 5.41) is 17.2. The van der Waals surface area contributed by atoms with Crippen LogP contribution in [0.1, 0.15) is 11.1 Å². The first-order valence-corrected chi connectivity index (χ1v) is 9.30. The Morgan fingerprint density at radius 1 is 1.21 bits per heavy atom. The van der Waals surface area contributed by atoms with Crippen LogP contribution in [-0.2, 0) is 6.54 Å². The molecule has 0 amide bonds. The summed E-state index contributed by atoms with van der Waals surface area (Å²) >= 11 is 0. The van der Waals surface area contributed by atoms with E-state index in [1.54, 1.807) is 13.3 Å². The summed E-state index contributed by atoms with van der Waals surface area (Å²) in [5.41, 5.74) is 3.21. The molecule has 28 heavy (non-hydrogen) atoms. The number of rotatable bonds is 5. The maximum absolute atomic E-state index is 9.53. The molecule has 0 unspecified atom stereocenters. The first-order chi connectivity index (χ1) is 13.8. The van der Waals surface area contributed by atoms with E-state index in [2.05, 4.69) is 37.6 Å². The quantitative estimate of drug-likeness (QED) is 0.710. The third-order valence-corrected chi connectivity index (χ3v) is 4.92. The zero-order chi connectivity index (χ0) is 19.3. The predicted octanol–water partition coefficient (Wildman–Crippen LogP) is 2.53. The van der Waals surface area contributed by atoms with Gasteiger partial charge in [-0.3, -0.25) is 4.98 Å². The number of methoxy groups -OCH3 is 1. The maximum Gasteiger partial charge on any atom is 0.128 e. The van der Waals surface area contributed by atoms with Crippen molar-refractivity contribution in [2.24, 2.45) is 0 Å². The molecule has 7 nitrogen and oxygen atoms in total. The molecule has 2 aromatic heterocycles. The highest BCUT2D eigenvalue weighted by Gasteiger charge is 2.13. The van der Waals surface area contributed by atoms with Gasteiger partial charge in [0.2, 0.25) is 0 Å². The summed E-state index contributed by atoms with van der Waals surface area (Å²) in [6.45, 7) is 4.45. The number of nitrogens with one attached hydrogen (secondary N) is 2. The van der Waals surface area contributed by atoms with Crippen molar-refractivity contribution in [2.45, 2.75) is 6.54 Å². The molecule has 3 heterocycles. The first kappa shape index (κ1) is 18.0. The van der Waals surface area contributed by atoms with Crippen molar-refractivity contribution in [3.63, 3.8) is 0 Å². The number of aromatic nitrogens is 2. The number of hydrogen-bond acceptors (Lipinski definition) is 7. The SMILES string of the molecule is COc1ccc2ncc(C#N)c(NCc3ccnc(N4CCNCC4)c3)c2c1. The summed E-state index contributed by atoms with van der Waals surface area (Å²) in [6.07, 6.45) is 3.45. The monoisotopic (exact) mass is 374 g/mol. The molecule has 142 valence electrons. The number of nitriles is 1. The van der Waals surface area contributed by atoms with Crippen molar-refractivity contribution >= 4 is 22.4 Å². The largest absolute Gasteiger partial charge is 0.497 e. The fourth-order valence-corrected chi connectivity index (χ4v) is 3.40. The van der Waals surface area contributed by atoms with Crippen LogP contribution in [0.5, 0.6) is 5.75 Å². The Kier molecular flexibility index (Phi) is 5.22. The van der Waals surface area contributed by atoms with Gasteiger partial charge in [0.05, 0.1) is 23.9 Å². The highest BCUT2D eigenvalue weighted by atomic mass is 16.5. The Morgan fingerprint density at radius 2 is 2.07 bits per heavy atom. The molecule has 0 bridgehead atoms. The van der Waals surface area contributed by atoms with Crippen LogP contribution in [0.2, 0.25) is 0 Å². The third kappa shape index (κ3) is 3.68. The molecule has 3 aromatic rings. The van der Waals surface area contributed by atoms with Crippen LogP contribution < -0.4 is 20.3 Å². The summed E-state index contributed by atoms with van der Waals surface area (Å²) in [6, 6.07) is 12.0. The molecule has 7 heteroatoms. The summed E-state index contributed by atoms with van der Waals surface area (Å²) < 4.78 is 5.34. The average molecular weight is 374 g/mol. The second-order valence-corrected chi connectivity index (χ2v) is 6.65. The van der Waals surface area contributed by atoms with Crippen LogP contribution in [0, 0.1) is 11.3 Å². The number of nitrogens with zero attached hydrogens (tertiary/aromatic N) is 4. The molecule has 0 spiro atoms. The van der Waals surface area contributed by atoms with Gasteiger partial charge in [-0.05, 0) is 35.9 Å². The van der Waals surface area contributed by atoms with Crippen LogP contribution in [0.4, 0.5) is 11.5 Å². The Bertz CT molecular complexity index is 1020. The zero-order valence-corrected chi connectivity index (χ0v) is 15.8. The molecule has 1 aliphatic rings. The second-order valence-electron chi connectivity index (χ2n) is 6.65. The Morgan fingerprint density at radius 3 is 2.86 bits per heavy atom. The van der Waals surface area contributed by atoms with E-state index in [4.69, 9.17) is 4.74 Å². The van der Waals surface area contributed by atoms with E-state index in [1.165, 1.54) is 0 Å². The number of piperazine rings is 1. The van der Waals surface area contributed by atoms with Gasteiger partial charge in [0, 0.05) is 50.5 Å². The minimum absolute atomic E-state index is 0.511. The number of hydrogen-bond donors (Lipinski definition) is 2. The van der Waals surface area contributed by atoms with E-state index in [0.717, 1.165) is 59.9 Å². The fraction of sp³-hybridized carbons (Fsp3) is 0.286.